The summed E-state index contributed by atoms with van der Waals surface area (Å²) in [5.74, 6) is 0. The molecule has 0 radical (unpaired) electrons. The number of aliphatic hydroxyl groups is 2. The van der Waals surface area contributed by atoms with Gasteiger partial charge in [0.2, 0.25) is 0 Å². The van der Waals surface area contributed by atoms with Crippen LogP contribution in [0.15, 0.2) is 12.7 Å². The van der Waals surface area contributed by atoms with Gasteiger partial charge in [-0.25, -0.2) is 0 Å². The Hall–Kier alpha value is -0.420. The van der Waals surface area contributed by atoms with Gasteiger partial charge >= 0.3 is 0 Å². The normalized spacial score (nSPS) is 34.5. The van der Waals surface area contributed by atoms with Crippen LogP contribution in [0.5, 0.6) is 0 Å². The van der Waals surface area contributed by atoms with Gasteiger partial charge in [0, 0.05) is 0 Å². The SMILES string of the molecule is C=CCO[C@H]1OC(CO)CC[C@@H]1O. The second-order valence-corrected chi connectivity index (χ2v) is 3.08. The highest BCUT2D eigenvalue weighted by molar-refractivity contribution is 4.74. The average Bonchev–Trinajstić information content (AvgIpc) is 2.17. The van der Waals surface area contributed by atoms with E-state index in [9.17, 15) is 5.11 Å². The van der Waals surface area contributed by atoms with Gasteiger partial charge < -0.3 is 19.7 Å². The molecule has 0 aromatic carbocycles. The van der Waals surface area contributed by atoms with E-state index in [-0.39, 0.29) is 12.7 Å². The molecule has 1 unspecified atom stereocenters. The Morgan fingerprint density at radius 2 is 2.31 bits per heavy atom. The number of rotatable bonds is 4. The van der Waals surface area contributed by atoms with Crippen molar-refractivity contribution in [2.75, 3.05) is 13.2 Å². The van der Waals surface area contributed by atoms with Crippen LogP contribution in [-0.4, -0.2) is 41.9 Å². The van der Waals surface area contributed by atoms with Crippen LogP contribution in [-0.2, 0) is 9.47 Å². The van der Waals surface area contributed by atoms with Crippen molar-refractivity contribution in [2.24, 2.45) is 0 Å². The molecule has 1 aliphatic rings. The summed E-state index contributed by atoms with van der Waals surface area (Å²) in [7, 11) is 0. The van der Waals surface area contributed by atoms with Crippen LogP contribution < -0.4 is 0 Å². The first kappa shape index (κ1) is 10.7. The molecule has 0 aromatic heterocycles. The molecule has 3 atom stereocenters. The molecule has 13 heavy (non-hydrogen) atoms. The molecule has 1 saturated heterocycles. The molecule has 0 amide bonds. The summed E-state index contributed by atoms with van der Waals surface area (Å²) in [6, 6.07) is 0. The Balaban J connectivity index is 2.35. The number of hydrogen-bond donors (Lipinski definition) is 2. The topological polar surface area (TPSA) is 58.9 Å². The fourth-order valence-corrected chi connectivity index (χ4v) is 1.29. The molecule has 1 aliphatic heterocycles. The quantitative estimate of drug-likeness (QED) is 0.612. The summed E-state index contributed by atoms with van der Waals surface area (Å²) in [6.45, 7) is 3.82. The lowest BCUT2D eigenvalue weighted by atomic mass is 10.1. The lowest BCUT2D eigenvalue weighted by molar-refractivity contribution is -0.240. The van der Waals surface area contributed by atoms with Gasteiger partial charge in [-0.1, -0.05) is 6.08 Å². The number of ether oxygens (including phenoxy) is 2. The van der Waals surface area contributed by atoms with E-state index < -0.39 is 12.4 Å². The molecule has 0 aliphatic carbocycles. The summed E-state index contributed by atoms with van der Waals surface area (Å²) < 4.78 is 10.5. The first-order chi connectivity index (χ1) is 6.27. The van der Waals surface area contributed by atoms with E-state index in [0.717, 1.165) is 0 Å². The maximum atomic E-state index is 9.44. The molecular formula is C9H16O4. The van der Waals surface area contributed by atoms with E-state index in [0.29, 0.717) is 19.4 Å². The molecular weight excluding hydrogens is 172 g/mol. The van der Waals surface area contributed by atoms with E-state index >= 15 is 0 Å². The highest BCUT2D eigenvalue weighted by Gasteiger charge is 2.29. The Kier molecular flexibility index (Phi) is 4.38. The molecule has 1 rings (SSSR count). The van der Waals surface area contributed by atoms with Gasteiger partial charge in [0.05, 0.1) is 19.3 Å². The largest absolute Gasteiger partial charge is 0.394 e. The van der Waals surface area contributed by atoms with Crippen molar-refractivity contribution in [3.63, 3.8) is 0 Å². The Bertz CT molecular complexity index is 160. The number of aliphatic hydroxyl groups excluding tert-OH is 2. The zero-order chi connectivity index (χ0) is 9.68. The van der Waals surface area contributed by atoms with Crippen LogP contribution in [0, 0.1) is 0 Å². The molecule has 0 aromatic rings. The van der Waals surface area contributed by atoms with E-state index in [1.807, 2.05) is 0 Å². The van der Waals surface area contributed by atoms with Crippen molar-refractivity contribution >= 4 is 0 Å². The van der Waals surface area contributed by atoms with Crippen molar-refractivity contribution in [1.82, 2.24) is 0 Å². The number of hydrogen-bond acceptors (Lipinski definition) is 4. The highest BCUT2D eigenvalue weighted by atomic mass is 16.7. The molecule has 0 bridgehead atoms. The third-order valence-electron chi connectivity index (χ3n) is 2.01. The van der Waals surface area contributed by atoms with Crippen molar-refractivity contribution in [3.05, 3.63) is 12.7 Å². The minimum atomic E-state index is -0.621. The lowest BCUT2D eigenvalue weighted by Crippen LogP contribution is -2.41. The lowest BCUT2D eigenvalue weighted by Gasteiger charge is -2.32. The smallest absolute Gasteiger partial charge is 0.184 e. The molecule has 2 N–H and O–H groups in total. The Morgan fingerprint density at radius 3 is 2.92 bits per heavy atom. The summed E-state index contributed by atoms with van der Waals surface area (Å²) in [5.41, 5.74) is 0. The third kappa shape index (κ3) is 3.08. The first-order valence-electron chi connectivity index (χ1n) is 4.44. The summed E-state index contributed by atoms with van der Waals surface area (Å²) in [4.78, 5) is 0. The minimum Gasteiger partial charge on any atom is -0.394 e. The van der Waals surface area contributed by atoms with Crippen LogP contribution in [0.1, 0.15) is 12.8 Å². The predicted molar refractivity (Wildman–Crippen MR) is 47.1 cm³/mol. The van der Waals surface area contributed by atoms with Gasteiger partial charge in [0.15, 0.2) is 6.29 Å². The molecule has 0 spiro atoms. The van der Waals surface area contributed by atoms with Crippen LogP contribution in [0.25, 0.3) is 0 Å². The van der Waals surface area contributed by atoms with Crippen molar-refractivity contribution in [2.45, 2.75) is 31.3 Å². The average molecular weight is 188 g/mol. The van der Waals surface area contributed by atoms with Gasteiger partial charge in [-0.3, -0.25) is 0 Å². The minimum absolute atomic E-state index is 0.0271. The van der Waals surface area contributed by atoms with E-state index in [1.165, 1.54) is 0 Å². The van der Waals surface area contributed by atoms with Crippen molar-refractivity contribution < 1.29 is 19.7 Å². The van der Waals surface area contributed by atoms with Crippen LogP contribution >= 0.6 is 0 Å². The predicted octanol–water partition coefficient (Wildman–Crippen LogP) is 0.0473. The monoisotopic (exact) mass is 188 g/mol. The Labute approximate surface area is 77.8 Å². The van der Waals surface area contributed by atoms with E-state index in [1.54, 1.807) is 6.08 Å². The fourth-order valence-electron chi connectivity index (χ4n) is 1.29. The van der Waals surface area contributed by atoms with Gasteiger partial charge in [-0.15, -0.1) is 6.58 Å². The van der Waals surface area contributed by atoms with Crippen molar-refractivity contribution in [1.29, 1.82) is 0 Å². The van der Waals surface area contributed by atoms with Crippen LogP contribution in [0.4, 0.5) is 0 Å². The maximum Gasteiger partial charge on any atom is 0.184 e. The Morgan fingerprint density at radius 1 is 1.54 bits per heavy atom. The molecule has 76 valence electrons. The zero-order valence-corrected chi connectivity index (χ0v) is 7.56. The molecule has 1 heterocycles. The van der Waals surface area contributed by atoms with Gasteiger partial charge in [0.25, 0.3) is 0 Å². The first-order valence-corrected chi connectivity index (χ1v) is 4.44. The summed E-state index contributed by atoms with van der Waals surface area (Å²) >= 11 is 0. The van der Waals surface area contributed by atoms with E-state index in [4.69, 9.17) is 14.6 Å². The molecule has 0 saturated carbocycles. The zero-order valence-electron chi connectivity index (χ0n) is 7.56. The summed E-state index contributed by atoms with van der Waals surface area (Å²) in [5, 5.41) is 18.3. The molecule has 4 heteroatoms. The third-order valence-corrected chi connectivity index (χ3v) is 2.01. The van der Waals surface area contributed by atoms with Gasteiger partial charge in [-0.2, -0.15) is 0 Å². The van der Waals surface area contributed by atoms with Crippen LogP contribution in [0.3, 0.4) is 0 Å². The highest BCUT2D eigenvalue weighted by Crippen LogP contribution is 2.20. The maximum absolute atomic E-state index is 9.44. The molecule has 1 fully saturated rings. The second kappa shape index (κ2) is 5.34. The molecule has 4 nitrogen and oxygen atoms in total. The fraction of sp³-hybridized carbons (Fsp3) is 0.778. The van der Waals surface area contributed by atoms with Gasteiger partial charge in [0.1, 0.15) is 6.10 Å². The van der Waals surface area contributed by atoms with Gasteiger partial charge in [-0.05, 0) is 12.8 Å². The van der Waals surface area contributed by atoms with Crippen LogP contribution in [0.2, 0.25) is 0 Å². The summed E-state index contributed by atoms with van der Waals surface area (Å²) in [6.07, 6.45) is 1.45. The van der Waals surface area contributed by atoms with Crippen molar-refractivity contribution in [3.8, 4) is 0 Å². The standard InChI is InChI=1S/C9H16O4/c1-2-5-12-9-8(11)4-3-7(6-10)13-9/h2,7-11H,1,3-6H2/t7?,8-,9-/m0/s1. The second-order valence-electron chi connectivity index (χ2n) is 3.08. The van der Waals surface area contributed by atoms with E-state index in [2.05, 4.69) is 6.58 Å².